The lowest BCUT2D eigenvalue weighted by Gasteiger charge is -2.29. The van der Waals surface area contributed by atoms with E-state index in [9.17, 15) is 10.2 Å². The molecule has 0 saturated heterocycles. The number of rotatable bonds is 21. The molecule has 0 spiro atoms. The number of hydrogen-bond acceptors (Lipinski definition) is 18. The summed E-state index contributed by atoms with van der Waals surface area (Å²) in [6.07, 6.45) is 0. The van der Waals surface area contributed by atoms with Crippen LogP contribution in [0.15, 0.2) is 48.5 Å². The first-order valence-corrected chi connectivity index (χ1v) is 21.1. The quantitative estimate of drug-likeness (QED) is 0.0693. The standard InChI is InChI=1S/C52H58O18/c1-55-25-17-29(59-5)37(30(18-25)60-6)41-47(53)42(38-31(61-7)19-26(56-2)20-32(38)62-8)50(68-14)45(49(41)67-13)46-51(69-15)43(39-33(63-9)21-27(57-3)22-34(39)64-10)48(54)44(52(46)70-16)40-35(65-11)23-28(58-4)24-36(40)66-12/h17-24,53-54H,1-16H3. The largest absolute Gasteiger partial charge is 0.506 e. The summed E-state index contributed by atoms with van der Waals surface area (Å²) in [4.78, 5) is 0. The van der Waals surface area contributed by atoms with Gasteiger partial charge in [-0.25, -0.2) is 0 Å². The lowest BCUT2D eigenvalue weighted by Crippen LogP contribution is -2.07. The van der Waals surface area contributed by atoms with E-state index in [2.05, 4.69) is 0 Å². The van der Waals surface area contributed by atoms with Gasteiger partial charge in [0.15, 0.2) is 0 Å². The summed E-state index contributed by atoms with van der Waals surface area (Å²) >= 11 is 0. The number of phenolic OH excluding ortho intramolecular Hbond substituents is 2. The van der Waals surface area contributed by atoms with E-state index in [4.69, 9.17) is 75.8 Å². The van der Waals surface area contributed by atoms with Crippen molar-refractivity contribution >= 4 is 0 Å². The molecular formula is C52H58O18. The zero-order valence-electron chi connectivity index (χ0n) is 42.0. The molecule has 18 nitrogen and oxygen atoms in total. The smallest absolute Gasteiger partial charge is 0.142 e. The van der Waals surface area contributed by atoms with Crippen LogP contribution >= 0.6 is 0 Å². The van der Waals surface area contributed by atoms with Gasteiger partial charge in [-0.1, -0.05) is 0 Å². The zero-order valence-corrected chi connectivity index (χ0v) is 42.0. The maximum atomic E-state index is 13.2. The van der Waals surface area contributed by atoms with Crippen molar-refractivity contribution in [2.45, 2.75) is 0 Å². The second kappa shape index (κ2) is 21.8. The highest BCUT2D eigenvalue weighted by molar-refractivity contribution is 6.10. The Kier molecular flexibility index (Phi) is 15.9. The first-order chi connectivity index (χ1) is 33.9. The van der Waals surface area contributed by atoms with Gasteiger partial charge < -0.3 is 86.0 Å². The van der Waals surface area contributed by atoms with E-state index < -0.39 is 11.5 Å². The Labute approximate surface area is 406 Å². The van der Waals surface area contributed by atoms with Crippen molar-refractivity contribution in [3.8, 4) is 159 Å². The van der Waals surface area contributed by atoms with Gasteiger partial charge >= 0.3 is 0 Å². The molecule has 0 fully saturated rings. The highest BCUT2D eigenvalue weighted by Crippen LogP contribution is 2.68. The van der Waals surface area contributed by atoms with Crippen molar-refractivity contribution in [3.05, 3.63) is 48.5 Å². The van der Waals surface area contributed by atoms with Crippen LogP contribution in [0.1, 0.15) is 0 Å². The van der Waals surface area contributed by atoms with Gasteiger partial charge in [-0.2, -0.15) is 0 Å². The van der Waals surface area contributed by atoms with Gasteiger partial charge in [-0.15, -0.1) is 0 Å². The van der Waals surface area contributed by atoms with Gasteiger partial charge in [-0.3, -0.25) is 0 Å². The van der Waals surface area contributed by atoms with Crippen molar-refractivity contribution in [3.63, 3.8) is 0 Å². The van der Waals surface area contributed by atoms with E-state index in [1.807, 2.05) is 0 Å². The molecule has 0 unspecified atom stereocenters. The lowest BCUT2D eigenvalue weighted by atomic mass is 9.83. The van der Waals surface area contributed by atoms with Crippen molar-refractivity contribution in [1.82, 2.24) is 0 Å². The summed E-state index contributed by atoms with van der Waals surface area (Å²) in [7, 11) is 23.3. The van der Waals surface area contributed by atoms with Gasteiger partial charge in [0.1, 0.15) is 103 Å². The summed E-state index contributed by atoms with van der Waals surface area (Å²) < 4.78 is 96.7. The molecule has 0 aromatic heterocycles. The summed E-state index contributed by atoms with van der Waals surface area (Å²) in [6.45, 7) is 0. The molecule has 374 valence electrons. The Balaban J connectivity index is 2.10. The van der Waals surface area contributed by atoms with Crippen molar-refractivity contribution in [2.75, 3.05) is 114 Å². The number of benzene rings is 6. The van der Waals surface area contributed by atoms with E-state index in [-0.39, 0.29) is 125 Å². The van der Waals surface area contributed by atoms with Crippen LogP contribution in [-0.4, -0.2) is 124 Å². The van der Waals surface area contributed by atoms with Gasteiger partial charge in [0.2, 0.25) is 0 Å². The predicted octanol–water partition coefficient (Wildman–Crippen LogP) is 9.57. The predicted molar refractivity (Wildman–Crippen MR) is 262 cm³/mol. The van der Waals surface area contributed by atoms with E-state index in [0.717, 1.165) is 0 Å². The highest BCUT2D eigenvalue weighted by atomic mass is 16.5. The number of ether oxygens (including phenoxy) is 16. The van der Waals surface area contributed by atoms with E-state index >= 15 is 0 Å². The molecule has 0 atom stereocenters. The van der Waals surface area contributed by atoms with Crippen LogP contribution < -0.4 is 75.8 Å². The van der Waals surface area contributed by atoms with Crippen LogP contribution in [0, 0.1) is 0 Å². The van der Waals surface area contributed by atoms with E-state index in [0.29, 0.717) is 23.0 Å². The average molecular weight is 971 g/mol. The Bertz CT molecular complexity index is 2410. The minimum Gasteiger partial charge on any atom is -0.506 e. The molecule has 0 radical (unpaired) electrons. The second-order valence-electron chi connectivity index (χ2n) is 14.7. The first kappa shape index (κ1) is 51.1. The molecule has 0 aliphatic carbocycles. The number of hydrogen-bond donors (Lipinski definition) is 2. The molecule has 6 aromatic rings. The van der Waals surface area contributed by atoms with Gasteiger partial charge in [0, 0.05) is 48.5 Å². The fourth-order valence-corrected chi connectivity index (χ4v) is 8.59. The molecular weight excluding hydrogens is 913 g/mol. The molecule has 70 heavy (non-hydrogen) atoms. The molecule has 0 aliphatic heterocycles. The van der Waals surface area contributed by atoms with Crippen molar-refractivity contribution in [1.29, 1.82) is 0 Å². The Morgan fingerprint density at radius 2 is 0.357 bits per heavy atom. The fourth-order valence-electron chi connectivity index (χ4n) is 8.59. The molecule has 18 heteroatoms. The van der Waals surface area contributed by atoms with Crippen LogP contribution in [0.2, 0.25) is 0 Å². The molecule has 6 aromatic carbocycles. The second-order valence-corrected chi connectivity index (χ2v) is 14.7. The lowest BCUT2D eigenvalue weighted by molar-refractivity contribution is 0.368. The van der Waals surface area contributed by atoms with Gasteiger partial charge in [0.25, 0.3) is 0 Å². The normalized spacial score (nSPS) is 10.7. The summed E-state index contributed by atoms with van der Waals surface area (Å²) in [5.41, 5.74) is 1.10. The third kappa shape index (κ3) is 8.49. The zero-order chi connectivity index (χ0) is 51.1. The summed E-state index contributed by atoms with van der Waals surface area (Å²) in [5, 5.41) is 26.4. The van der Waals surface area contributed by atoms with Crippen LogP contribution in [-0.2, 0) is 0 Å². The molecule has 6 rings (SSSR count). The third-order valence-electron chi connectivity index (χ3n) is 11.7. The van der Waals surface area contributed by atoms with Crippen LogP contribution in [0.5, 0.6) is 103 Å². The maximum Gasteiger partial charge on any atom is 0.142 e. The van der Waals surface area contributed by atoms with E-state index in [1.54, 1.807) is 48.5 Å². The number of phenols is 2. The maximum absolute atomic E-state index is 13.2. The highest BCUT2D eigenvalue weighted by Gasteiger charge is 2.41. The Hall–Kier alpha value is -8.28. The average Bonchev–Trinajstić information content (AvgIpc) is 3.40. The van der Waals surface area contributed by atoms with Crippen molar-refractivity contribution < 1.29 is 86.0 Å². The van der Waals surface area contributed by atoms with Crippen LogP contribution in [0.3, 0.4) is 0 Å². The third-order valence-corrected chi connectivity index (χ3v) is 11.7. The van der Waals surface area contributed by atoms with E-state index in [1.165, 1.54) is 114 Å². The Morgan fingerprint density at radius 3 is 0.471 bits per heavy atom. The molecule has 0 amide bonds. The van der Waals surface area contributed by atoms with Crippen molar-refractivity contribution in [2.24, 2.45) is 0 Å². The summed E-state index contributed by atoms with van der Waals surface area (Å²) in [5.74, 6) is 2.17. The summed E-state index contributed by atoms with van der Waals surface area (Å²) in [6, 6.07) is 13.0. The molecule has 2 N–H and O–H groups in total. The minimum absolute atomic E-state index is 0.0177. The molecule has 0 saturated carbocycles. The Morgan fingerprint density at radius 1 is 0.200 bits per heavy atom. The SMILES string of the molecule is COc1cc(OC)c(-c2c(O)c(-c3c(OC)cc(OC)cc3OC)c(OC)c(-c3c(OC)c(-c4c(OC)cc(OC)cc4OC)c(O)c(-c4c(OC)cc(OC)cc4OC)c3OC)c2OC)c(OC)c1. The minimum atomic E-state index is -0.407. The first-order valence-electron chi connectivity index (χ1n) is 21.1. The number of methoxy groups -OCH3 is 16. The van der Waals surface area contributed by atoms with Crippen LogP contribution in [0.4, 0.5) is 0 Å². The molecule has 0 aliphatic rings. The van der Waals surface area contributed by atoms with Gasteiger partial charge in [0.05, 0.1) is 169 Å². The topological polar surface area (TPSA) is 188 Å². The number of aromatic hydroxyl groups is 2. The molecule has 0 bridgehead atoms. The van der Waals surface area contributed by atoms with Gasteiger partial charge in [-0.05, 0) is 0 Å². The monoisotopic (exact) mass is 970 g/mol. The fraction of sp³-hybridized carbons (Fsp3) is 0.308. The molecule has 0 heterocycles. The van der Waals surface area contributed by atoms with Crippen LogP contribution in [0.25, 0.3) is 55.6 Å².